The maximum Gasteiger partial charge on any atom is 0.333 e. The summed E-state index contributed by atoms with van der Waals surface area (Å²) in [5.74, 6) is -1.01. The molecule has 1 N–H and O–H groups in total. The van der Waals surface area contributed by atoms with Gasteiger partial charge in [0, 0.05) is 11.1 Å². The van der Waals surface area contributed by atoms with Crippen molar-refractivity contribution in [2.24, 2.45) is 0 Å². The second kappa shape index (κ2) is 11.9. The standard InChI is InChI=1S/2C7H12O2/c1-4-6(3)7(8)9-5-2;1-3-5-6(4-2)7(8)9/h4H,5H2,1-3H3;4H,3,5H2,1-2H3,(H,8,9)/b2*6-4+. The van der Waals surface area contributed by atoms with Crippen molar-refractivity contribution in [2.45, 2.75) is 47.5 Å². The highest BCUT2D eigenvalue weighted by Gasteiger charge is 2.02. The molecule has 0 aromatic carbocycles. The Bertz CT molecular complexity index is 314. The van der Waals surface area contributed by atoms with Crippen LogP contribution in [-0.2, 0) is 14.3 Å². The lowest BCUT2D eigenvalue weighted by Crippen LogP contribution is -2.04. The molecule has 0 rings (SSSR count). The summed E-state index contributed by atoms with van der Waals surface area (Å²) >= 11 is 0. The van der Waals surface area contributed by atoms with Crippen molar-refractivity contribution < 1.29 is 19.4 Å². The topological polar surface area (TPSA) is 63.6 Å². The Balaban J connectivity index is 0. The molecular formula is C14H24O4. The van der Waals surface area contributed by atoms with Crippen LogP contribution in [-0.4, -0.2) is 23.7 Å². The summed E-state index contributed by atoms with van der Waals surface area (Å²) in [6.45, 7) is 9.50. The first kappa shape index (κ1) is 18.8. The molecule has 0 aliphatic heterocycles. The third kappa shape index (κ3) is 9.63. The van der Waals surface area contributed by atoms with E-state index in [9.17, 15) is 9.59 Å². The van der Waals surface area contributed by atoms with Crippen molar-refractivity contribution in [1.29, 1.82) is 0 Å². The van der Waals surface area contributed by atoms with Gasteiger partial charge in [-0.05, 0) is 34.1 Å². The van der Waals surface area contributed by atoms with Crippen LogP contribution in [0.2, 0.25) is 0 Å². The first-order valence-electron chi connectivity index (χ1n) is 6.12. The molecule has 0 saturated heterocycles. The molecule has 0 fully saturated rings. The second-order valence-corrected chi connectivity index (χ2v) is 3.56. The quantitative estimate of drug-likeness (QED) is 0.605. The minimum Gasteiger partial charge on any atom is -0.478 e. The molecule has 0 aliphatic carbocycles. The summed E-state index contributed by atoms with van der Waals surface area (Å²) in [5.41, 5.74) is 1.18. The molecule has 0 radical (unpaired) electrons. The van der Waals surface area contributed by atoms with Gasteiger partial charge >= 0.3 is 11.9 Å². The maximum atomic E-state index is 10.7. The molecule has 0 bridgehead atoms. The zero-order valence-corrected chi connectivity index (χ0v) is 11.9. The summed E-state index contributed by atoms with van der Waals surface area (Å²) < 4.78 is 4.69. The van der Waals surface area contributed by atoms with Crippen molar-refractivity contribution in [1.82, 2.24) is 0 Å². The molecule has 0 amide bonds. The van der Waals surface area contributed by atoms with Gasteiger partial charge in [-0.2, -0.15) is 0 Å². The number of carboxylic acid groups (broad SMARTS) is 1. The fraction of sp³-hybridized carbons (Fsp3) is 0.571. The number of hydrogen-bond donors (Lipinski definition) is 1. The molecule has 0 aromatic rings. The highest BCUT2D eigenvalue weighted by molar-refractivity contribution is 5.87. The molecule has 0 unspecified atom stereocenters. The Labute approximate surface area is 109 Å². The van der Waals surface area contributed by atoms with Gasteiger partial charge < -0.3 is 9.84 Å². The van der Waals surface area contributed by atoms with E-state index in [-0.39, 0.29) is 5.97 Å². The van der Waals surface area contributed by atoms with Crippen LogP contribution in [0.4, 0.5) is 0 Å². The molecule has 0 spiro atoms. The van der Waals surface area contributed by atoms with E-state index in [0.29, 0.717) is 24.2 Å². The normalized spacial score (nSPS) is 11.4. The minimum atomic E-state index is -0.792. The minimum absolute atomic E-state index is 0.222. The SMILES string of the molecule is C/C=C(\C)C(=O)OCC.C/C=C(\CCC)C(=O)O. The van der Waals surface area contributed by atoms with Gasteiger partial charge in [0.2, 0.25) is 0 Å². The third-order valence-electron chi connectivity index (χ3n) is 2.17. The fourth-order valence-corrected chi connectivity index (χ4v) is 1.01. The van der Waals surface area contributed by atoms with Gasteiger partial charge in [-0.15, -0.1) is 0 Å². The fourth-order valence-electron chi connectivity index (χ4n) is 1.01. The lowest BCUT2D eigenvalue weighted by Gasteiger charge is -1.98. The number of aliphatic carboxylic acids is 1. The molecular weight excluding hydrogens is 232 g/mol. The highest BCUT2D eigenvalue weighted by Crippen LogP contribution is 2.03. The average molecular weight is 256 g/mol. The molecule has 0 aromatic heterocycles. The van der Waals surface area contributed by atoms with E-state index in [0.717, 1.165) is 6.42 Å². The first-order chi connectivity index (χ1) is 8.44. The highest BCUT2D eigenvalue weighted by atomic mass is 16.5. The largest absolute Gasteiger partial charge is 0.478 e. The Morgan fingerprint density at radius 3 is 1.94 bits per heavy atom. The van der Waals surface area contributed by atoms with Crippen LogP contribution in [0.15, 0.2) is 23.3 Å². The molecule has 18 heavy (non-hydrogen) atoms. The zero-order valence-electron chi connectivity index (χ0n) is 11.9. The van der Waals surface area contributed by atoms with E-state index in [1.54, 1.807) is 32.9 Å². The van der Waals surface area contributed by atoms with Crippen LogP contribution in [0, 0.1) is 0 Å². The number of rotatable bonds is 5. The van der Waals surface area contributed by atoms with Gasteiger partial charge in [-0.25, -0.2) is 9.59 Å². The Hall–Kier alpha value is -1.58. The van der Waals surface area contributed by atoms with Crippen LogP contribution in [0.25, 0.3) is 0 Å². The van der Waals surface area contributed by atoms with E-state index in [1.807, 2.05) is 13.8 Å². The van der Waals surface area contributed by atoms with Crippen LogP contribution in [0.1, 0.15) is 47.5 Å². The maximum absolute atomic E-state index is 10.7. The van der Waals surface area contributed by atoms with Gasteiger partial charge in [0.1, 0.15) is 0 Å². The molecule has 0 aliphatic rings. The van der Waals surface area contributed by atoms with Crippen LogP contribution in [0.5, 0.6) is 0 Å². The molecule has 104 valence electrons. The number of carbonyl (C=O) groups excluding carboxylic acids is 1. The van der Waals surface area contributed by atoms with Gasteiger partial charge in [0.15, 0.2) is 0 Å². The van der Waals surface area contributed by atoms with Crippen molar-refractivity contribution in [3.63, 3.8) is 0 Å². The summed E-state index contributed by atoms with van der Waals surface area (Å²) in [7, 11) is 0. The van der Waals surface area contributed by atoms with E-state index < -0.39 is 5.97 Å². The smallest absolute Gasteiger partial charge is 0.333 e. The van der Waals surface area contributed by atoms with Gasteiger partial charge in [-0.3, -0.25) is 0 Å². The van der Waals surface area contributed by atoms with Gasteiger partial charge in [0.05, 0.1) is 6.61 Å². The first-order valence-corrected chi connectivity index (χ1v) is 6.12. The van der Waals surface area contributed by atoms with Crippen LogP contribution in [0.3, 0.4) is 0 Å². The van der Waals surface area contributed by atoms with Crippen molar-refractivity contribution in [3.05, 3.63) is 23.3 Å². The lowest BCUT2D eigenvalue weighted by atomic mass is 10.1. The number of hydrogen-bond acceptors (Lipinski definition) is 3. The van der Waals surface area contributed by atoms with E-state index in [1.165, 1.54) is 0 Å². The van der Waals surface area contributed by atoms with Gasteiger partial charge in [-0.1, -0.05) is 25.5 Å². The zero-order chi connectivity index (χ0) is 14.6. The predicted molar refractivity (Wildman–Crippen MR) is 72.4 cm³/mol. The summed E-state index contributed by atoms with van der Waals surface area (Å²) in [6, 6.07) is 0. The number of carbonyl (C=O) groups is 2. The van der Waals surface area contributed by atoms with Crippen molar-refractivity contribution in [2.75, 3.05) is 6.61 Å². The molecule has 4 heteroatoms. The van der Waals surface area contributed by atoms with Crippen LogP contribution >= 0.6 is 0 Å². The van der Waals surface area contributed by atoms with Crippen molar-refractivity contribution in [3.8, 4) is 0 Å². The third-order valence-corrected chi connectivity index (χ3v) is 2.17. The Morgan fingerprint density at radius 1 is 1.17 bits per heavy atom. The van der Waals surface area contributed by atoms with Crippen LogP contribution < -0.4 is 0 Å². The summed E-state index contributed by atoms with van der Waals surface area (Å²) in [5, 5.41) is 8.44. The predicted octanol–water partition coefficient (Wildman–Crippen LogP) is 3.33. The number of esters is 1. The summed E-state index contributed by atoms with van der Waals surface area (Å²) in [4.78, 5) is 20.9. The number of ether oxygens (including phenoxy) is 1. The number of allylic oxidation sites excluding steroid dienone is 2. The summed E-state index contributed by atoms with van der Waals surface area (Å²) in [6.07, 6.45) is 4.95. The molecule has 0 saturated carbocycles. The van der Waals surface area contributed by atoms with E-state index in [4.69, 9.17) is 5.11 Å². The van der Waals surface area contributed by atoms with E-state index in [2.05, 4.69) is 4.74 Å². The Kier molecular flexibility index (Phi) is 12.4. The monoisotopic (exact) mass is 256 g/mol. The Morgan fingerprint density at radius 2 is 1.72 bits per heavy atom. The number of carboxylic acids is 1. The molecule has 4 nitrogen and oxygen atoms in total. The van der Waals surface area contributed by atoms with Crippen molar-refractivity contribution >= 4 is 11.9 Å². The van der Waals surface area contributed by atoms with Gasteiger partial charge in [0.25, 0.3) is 0 Å². The molecule has 0 atom stereocenters. The molecule has 0 heterocycles. The second-order valence-electron chi connectivity index (χ2n) is 3.56. The van der Waals surface area contributed by atoms with E-state index >= 15 is 0 Å². The average Bonchev–Trinajstić information content (AvgIpc) is 2.35. The lowest BCUT2D eigenvalue weighted by molar-refractivity contribution is -0.138.